The van der Waals surface area contributed by atoms with Crippen molar-refractivity contribution in [2.45, 2.75) is 59.2 Å². The Morgan fingerprint density at radius 2 is 1.86 bits per heavy atom. The first-order chi connectivity index (χ1) is 13.3. The second kappa shape index (κ2) is 8.86. The van der Waals surface area contributed by atoms with Gasteiger partial charge in [-0.3, -0.25) is 9.69 Å². The Bertz CT molecular complexity index is 785. The summed E-state index contributed by atoms with van der Waals surface area (Å²) in [6.07, 6.45) is 1.76. The molecule has 2 atom stereocenters. The van der Waals surface area contributed by atoms with Crippen LogP contribution in [-0.2, 0) is 11.3 Å². The average molecular weight is 387 g/mol. The van der Waals surface area contributed by atoms with E-state index in [1.54, 1.807) is 12.1 Å². The highest BCUT2D eigenvalue weighted by atomic mass is 19.1. The van der Waals surface area contributed by atoms with E-state index < -0.39 is 0 Å². The van der Waals surface area contributed by atoms with E-state index in [0.29, 0.717) is 24.1 Å². The summed E-state index contributed by atoms with van der Waals surface area (Å²) in [5.74, 6) is 1.37. The largest absolute Gasteiger partial charge is 0.356 e. The van der Waals surface area contributed by atoms with Crippen LogP contribution in [0.3, 0.4) is 0 Å². The highest BCUT2D eigenvalue weighted by Gasteiger charge is 2.35. The van der Waals surface area contributed by atoms with Gasteiger partial charge >= 0.3 is 0 Å². The van der Waals surface area contributed by atoms with Crippen LogP contribution in [0.15, 0.2) is 34.9 Å². The van der Waals surface area contributed by atoms with Crippen LogP contribution >= 0.6 is 0 Å². The van der Waals surface area contributed by atoms with Gasteiger partial charge in [0.2, 0.25) is 5.91 Å². The molecular weight excluding hydrogens is 357 g/mol. The topological polar surface area (TPSA) is 58.4 Å². The maximum absolute atomic E-state index is 13.1. The van der Waals surface area contributed by atoms with E-state index in [1.807, 2.05) is 6.07 Å². The molecule has 1 aliphatic heterocycles. The molecule has 1 amide bonds. The van der Waals surface area contributed by atoms with Crippen molar-refractivity contribution in [2.75, 3.05) is 6.54 Å². The molecule has 28 heavy (non-hydrogen) atoms. The molecule has 1 aliphatic rings. The van der Waals surface area contributed by atoms with E-state index in [-0.39, 0.29) is 23.8 Å². The Balaban J connectivity index is 1.76. The van der Waals surface area contributed by atoms with Crippen LogP contribution < -0.4 is 5.32 Å². The molecule has 0 saturated carbocycles. The normalized spacial score (nSPS) is 20.8. The summed E-state index contributed by atoms with van der Waals surface area (Å²) in [7, 11) is 0. The van der Waals surface area contributed by atoms with Gasteiger partial charge in [0.25, 0.3) is 0 Å². The number of hydrogen-bond donors (Lipinski definition) is 1. The van der Waals surface area contributed by atoms with Crippen molar-refractivity contribution in [2.24, 2.45) is 11.8 Å². The lowest BCUT2D eigenvalue weighted by atomic mass is 9.95. The second-order valence-electron chi connectivity index (χ2n) is 8.60. The highest BCUT2D eigenvalue weighted by molar-refractivity contribution is 5.82. The van der Waals surface area contributed by atoms with Gasteiger partial charge < -0.3 is 9.84 Å². The Morgan fingerprint density at radius 3 is 2.50 bits per heavy atom. The third-order valence-corrected chi connectivity index (χ3v) is 5.05. The zero-order valence-corrected chi connectivity index (χ0v) is 17.1. The van der Waals surface area contributed by atoms with Crippen LogP contribution in [0.2, 0.25) is 0 Å². The average Bonchev–Trinajstić information content (AvgIpc) is 3.06. The fraction of sp³-hybridized carbons (Fsp3) is 0.545. The number of amides is 1. The highest BCUT2D eigenvalue weighted by Crippen LogP contribution is 2.24. The molecule has 1 saturated heterocycles. The number of halogens is 1. The van der Waals surface area contributed by atoms with Gasteiger partial charge in [-0.1, -0.05) is 32.9 Å². The van der Waals surface area contributed by atoms with Crippen molar-refractivity contribution in [3.63, 3.8) is 0 Å². The van der Waals surface area contributed by atoms with Gasteiger partial charge in [-0.05, 0) is 48.9 Å². The minimum Gasteiger partial charge on any atom is -0.356 e. The Labute approximate surface area is 166 Å². The summed E-state index contributed by atoms with van der Waals surface area (Å²) >= 11 is 0. The van der Waals surface area contributed by atoms with Gasteiger partial charge in [-0.15, -0.1) is 0 Å². The van der Waals surface area contributed by atoms with Gasteiger partial charge in [0, 0.05) is 30.8 Å². The van der Waals surface area contributed by atoms with Crippen molar-refractivity contribution in [3.05, 3.63) is 41.8 Å². The van der Waals surface area contributed by atoms with Crippen LogP contribution in [0, 0.1) is 17.7 Å². The van der Waals surface area contributed by atoms with E-state index in [9.17, 15) is 9.18 Å². The van der Waals surface area contributed by atoms with Gasteiger partial charge in [-0.2, -0.15) is 0 Å². The van der Waals surface area contributed by atoms with E-state index in [2.05, 4.69) is 43.1 Å². The number of piperazine rings is 1. The lowest BCUT2D eigenvalue weighted by Crippen LogP contribution is -2.60. The summed E-state index contributed by atoms with van der Waals surface area (Å²) in [4.78, 5) is 15.0. The van der Waals surface area contributed by atoms with Crippen LogP contribution in [0.5, 0.6) is 0 Å². The number of nitrogens with one attached hydrogen (secondary N) is 1. The molecule has 0 unspecified atom stereocenters. The molecule has 3 rings (SSSR count). The number of aromatic nitrogens is 1. The number of rotatable bonds is 7. The van der Waals surface area contributed by atoms with Crippen LogP contribution in [0.25, 0.3) is 11.3 Å². The molecule has 1 aromatic heterocycles. The molecule has 6 heteroatoms. The molecule has 152 valence electrons. The summed E-state index contributed by atoms with van der Waals surface area (Å²) in [6, 6.07) is 8.03. The molecule has 1 aromatic carbocycles. The number of carbonyl (C=O) groups is 1. The summed E-state index contributed by atoms with van der Waals surface area (Å²) < 4.78 is 18.6. The molecule has 0 radical (unpaired) electrons. The van der Waals surface area contributed by atoms with E-state index in [0.717, 1.165) is 30.6 Å². The monoisotopic (exact) mass is 387 g/mol. The van der Waals surface area contributed by atoms with E-state index in [4.69, 9.17) is 4.52 Å². The van der Waals surface area contributed by atoms with Crippen LogP contribution in [0.1, 0.15) is 46.2 Å². The second-order valence-corrected chi connectivity index (χ2v) is 8.60. The van der Waals surface area contributed by atoms with Crippen molar-refractivity contribution in [1.29, 1.82) is 0 Å². The fourth-order valence-electron chi connectivity index (χ4n) is 3.84. The first-order valence-corrected chi connectivity index (χ1v) is 10.1. The quantitative estimate of drug-likeness (QED) is 0.772. The smallest absolute Gasteiger partial charge is 0.237 e. The molecule has 0 spiro atoms. The van der Waals surface area contributed by atoms with Gasteiger partial charge in [0.15, 0.2) is 5.76 Å². The Morgan fingerprint density at radius 1 is 1.18 bits per heavy atom. The summed E-state index contributed by atoms with van der Waals surface area (Å²) in [6.45, 7) is 9.97. The lowest BCUT2D eigenvalue weighted by Gasteiger charge is -2.40. The minimum atomic E-state index is -0.282. The third-order valence-electron chi connectivity index (χ3n) is 5.05. The molecule has 1 fully saturated rings. The standard InChI is InChI=1S/C22H30FN3O2/c1-14(2)9-18-12-26(20(10-15(3)4)22(27)24-18)13-19-11-21(28-25-19)16-5-7-17(23)8-6-16/h5-8,11,14-15,18,20H,9-10,12-13H2,1-4H3,(H,24,27)/t18-,20-/m0/s1. The predicted octanol–water partition coefficient (Wildman–Crippen LogP) is 4.24. The van der Waals surface area contributed by atoms with Crippen molar-refractivity contribution >= 4 is 5.91 Å². The van der Waals surface area contributed by atoms with E-state index in [1.165, 1.54) is 12.1 Å². The Kier molecular flexibility index (Phi) is 6.50. The molecular formula is C22H30FN3O2. The number of hydrogen-bond acceptors (Lipinski definition) is 4. The number of carbonyl (C=O) groups excluding carboxylic acids is 1. The van der Waals surface area contributed by atoms with Crippen LogP contribution in [0.4, 0.5) is 4.39 Å². The molecule has 0 aliphatic carbocycles. The molecule has 2 heterocycles. The maximum Gasteiger partial charge on any atom is 0.237 e. The number of nitrogens with zero attached hydrogens (tertiary/aromatic N) is 2. The van der Waals surface area contributed by atoms with Gasteiger partial charge in [0.05, 0.1) is 11.7 Å². The van der Waals surface area contributed by atoms with E-state index >= 15 is 0 Å². The van der Waals surface area contributed by atoms with Crippen LogP contribution in [-0.4, -0.2) is 34.6 Å². The fourth-order valence-corrected chi connectivity index (χ4v) is 3.84. The minimum absolute atomic E-state index is 0.104. The predicted molar refractivity (Wildman–Crippen MR) is 107 cm³/mol. The molecule has 2 aromatic rings. The first kappa shape index (κ1) is 20.5. The zero-order valence-electron chi connectivity index (χ0n) is 17.1. The van der Waals surface area contributed by atoms with Gasteiger partial charge in [0.1, 0.15) is 5.82 Å². The SMILES string of the molecule is CC(C)C[C@H]1CN(Cc2cc(-c3ccc(F)cc3)on2)[C@@H](CC(C)C)C(=O)N1. The van der Waals surface area contributed by atoms with Crippen molar-refractivity contribution in [1.82, 2.24) is 15.4 Å². The summed E-state index contributed by atoms with van der Waals surface area (Å²) in [5.41, 5.74) is 1.57. The number of benzene rings is 1. The molecule has 1 N–H and O–H groups in total. The molecule has 0 bridgehead atoms. The summed E-state index contributed by atoms with van der Waals surface area (Å²) in [5, 5.41) is 7.39. The first-order valence-electron chi connectivity index (χ1n) is 10.1. The maximum atomic E-state index is 13.1. The van der Waals surface area contributed by atoms with Crippen molar-refractivity contribution in [3.8, 4) is 11.3 Å². The lowest BCUT2D eigenvalue weighted by molar-refractivity contribution is -0.132. The molecule has 5 nitrogen and oxygen atoms in total. The van der Waals surface area contributed by atoms with Gasteiger partial charge in [-0.25, -0.2) is 4.39 Å². The van der Waals surface area contributed by atoms with Crippen molar-refractivity contribution < 1.29 is 13.7 Å². The Hall–Kier alpha value is -2.21. The third kappa shape index (κ3) is 5.19. The zero-order chi connectivity index (χ0) is 20.3.